The standard InChI is InChI=1S/C23H14O4S2/c24-20-14-8-4-6-12-18(14)28-22(26)16(20)10-2-1-3-11-17-21(25)15-9-5-7-13-19(15)29-23(17)27/h1-13,26H/p-1/b3-1+,10-2+,17-11+. The van der Waals surface area contributed by atoms with Gasteiger partial charge in [0.25, 0.3) is 0 Å². The number of allylic oxidation sites excluding steroid dienone is 4. The largest absolute Gasteiger partial charge is 0.864 e. The third-order valence-corrected chi connectivity index (χ3v) is 6.31. The smallest absolute Gasteiger partial charge is 0.228 e. The summed E-state index contributed by atoms with van der Waals surface area (Å²) in [4.78, 5) is 37.8. The molecule has 3 aromatic rings. The zero-order valence-electron chi connectivity index (χ0n) is 15.0. The van der Waals surface area contributed by atoms with Gasteiger partial charge in [0, 0.05) is 26.1 Å². The maximum Gasteiger partial charge on any atom is 0.228 e. The van der Waals surface area contributed by atoms with Crippen LogP contribution in [0.3, 0.4) is 0 Å². The predicted octanol–water partition coefficient (Wildman–Crippen LogP) is 4.35. The summed E-state index contributed by atoms with van der Waals surface area (Å²) in [6.07, 6.45) is 7.59. The minimum Gasteiger partial charge on any atom is -0.864 e. The molecule has 2 heterocycles. The second-order valence-corrected chi connectivity index (χ2v) is 8.20. The van der Waals surface area contributed by atoms with Crippen LogP contribution in [0.25, 0.3) is 16.2 Å². The third-order valence-electron chi connectivity index (χ3n) is 4.35. The summed E-state index contributed by atoms with van der Waals surface area (Å²) in [7, 11) is 0. The van der Waals surface area contributed by atoms with Crippen LogP contribution in [0.1, 0.15) is 15.9 Å². The van der Waals surface area contributed by atoms with Crippen LogP contribution in [0, 0.1) is 0 Å². The molecule has 142 valence electrons. The molecule has 29 heavy (non-hydrogen) atoms. The SMILES string of the molecule is O=C1Sc2ccccc2C(=O)\C1=C/C=C/C=C/c1c([O-])sc2ccccc2c1=O. The Morgan fingerprint density at radius 3 is 2.48 bits per heavy atom. The fourth-order valence-electron chi connectivity index (χ4n) is 2.93. The number of rotatable bonds is 3. The molecule has 0 aliphatic carbocycles. The molecule has 0 spiro atoms. The molecule has 1 aliphatic rings. The summed E-state index contributed by atoms with van der Waals surface area (Å²) in [5.41, 5.74) is 0.399. The van der Waals surface area contributed by atoms with Gasteiger partial charge in [0.2, 0.25) is 5.12 Å². The molecule has 0 radical (unpaired) electrons. The van der Waals surface area contributed by atoms with Crippen molar-refractivity contribution in [3.05, 3.63) is 99.8 Å². The molecule has 0 amide bonds. The van der Waals surface area contributed by atoms with Crippen molar-refractivity contribution in [3.63, 3.8) is 0 Å². The first kappa shape index (κ1) is 19.1. The lowest BCUT2D eigenvalue weighted by molar-refractivity contribution is -0.262. The van der Waals surface area contributed by atoms with Crippen LogP contribution < -0.4 is 10.5 Å². The third kappa shape index (κ3) is 3.72. The Labute approximate surface area is 174 Å². The van der Waals surface area contributed by atoms with E-state index in [4.69, 9.17) is 0 Å². The van der Waals surface area contributed by atoms with Crippen molar-refractivity contribution in [2.24, 2.45) is 0 Å². The van der Waals surface area contributed by atoms with E-state index in [1.54, 1.807) is 66.8 Å². The van der Waals surface area contributed by atoms with Crippen LogP contribution in [0.5, 0.6) is 5.06 Å². The van der Waals surface area contributed by atoms with E-state index >= 15 is 0 Å². The molecule has 1 aromatic heterocycles. The first-order valence-electron chi connectivity index (χ1n) is 8.70. The number of hydrogen-bond acceptors (Lipinski definition) is 6. The molecule has 6 heteroatoms. The van der Waals surface area contributed by atoms with Gasteiger partial charge in [-0.25, -0.2) is 0 Å². The van der Waals surface area contributed by atoms with Gasteiger partial charge in [0.1, 0.15) is 0 Å². The second kappa shape index (κ2) is 8.03. The van der Waals surface area contributed by atoms with E-state index in [0.29, 0.717) is 20.5 Å². The fourth-order valence-corrected chi connectivity index (χ4v) is 4.70. The minimum absolute atomic E-state index is 0.0975. The second-order valence-electron chi connectivity index (χ2n) is 6.17. The molecule has 4 rings (SSSR count). The summed E-state index contributed by atoms with van der Waals surface area (Å²) < 4.78 is 0.659. The van der Waals surface area contributed by atoms with Gasteiger partial charge in [-0.3, -0.25) is 14.4 Å². The maximum absolute atomic E-state index is 12.5. The molecule has 0 saturated carbocycles. The van der Waals surface area contributed by atoms with E-state index in [-0.39, 0.29) is 32.5 Å². The van der Waals surface area contributed by atoms with E-state index in [1.807, 2.05) is 0 Å². The van der Waals surface area contributed by atoms with Crippen LogP contribution in [0.4, 0.5) is 0 Å². The lowest BCUT2D eigenvalue weighted by Gasteiger charge is -2.14. The Bertz CT molecular complexity index is 1300. The van der Waals surface area contributed by atoms with Crippen molar-refractivity contribution in [2.45, 2.75) is 4.90 Å². The Kier molecular flexibility index (Phi) is 5.29. The highest BCUT2D eigenvalue weighted by Gasteiger charge is 2.28. The molecule has 4 nitrogen and oxygen atoms in total. The molecule has 0 N–H and O–H groups in total. The van der Waals surface area contributed by atoms with E-state index in [9.17, 15) is 19.5 Å². The number of thioether (sulfide) groups is 1. The summed E-state index contributed by atoms with van der Waals surface area (Å²) in [5.74, 6) is -0.307. The van der Waals surface area contributed by atoms with Gasteiger partial charge in [-0.05, 0) is 47.2 Å². The number of Topliss-reactive ketones (excluding diaryl/α,β-unsaturated/α-hetero) is 1. The number of benzene rings is 2. The average molecular weight is 417 g/mol. The first-order valence-corrected chi connectivity index (χ1v) is 10.3. The van der Waals surface area contributed by atoms with Gasteiger partial charge in [0.05, 0.1) is 5.57 Å². The topological polar surface area (TPSA) is 74.3 Å². The van der Waals surface area contributed by atoms with Gasteiger partial charge in [-0.2, -0.15) is 11.3 Å². The quantitative estimate of drug-likeness (QED) is 0.360. The van der Waals surface area contributed by atoms with Crippen molar-refractivity contribution >= 4 is 50.2 Å². The van der Waals surface area contributed by atoms with Gasteiger partial charge < -0.3 is 5.11 Å². The fraction of sp³-hybridized carbons (Fsp3) is 0. The summed E-state index contributed by atoms with van der Waals surface area (Å²) >= 11 is 2.06. The van der Waals surface area contributed by atoms with Gasteiger partial charge in [-0.15, -0.1) is 0 Å². The maximum atomic E-state index is 12.5. The molecule has 0 saturated heterocycles. The number of hydrogen-bond donors (Lipinski definition) is 0. The average Bonchev–Trinajstić information content (AvgIpc) is 2.72. The lowest BCUT2D eigenvalue weighted by atomic mass is 10.0. The number of carbonyl (C=O) groups is 2. The van der Waals surface area contributed by atoms with Gasteiger partial charge >= 0.3 is 0 Å². The monoisotopic (exact) mass is 417 g/mol. The van der Waals surface area contributed by atoms with Crippen molar-refractivity contribution in [2.75, 3.05) is 0 Å². The first-order chi connectivity index (χ1) is 14.1. The molecular formula is C23H13O4S2-. The van der Waals surface area contributed by atoms with Crippen LogP contribution in [0.15, 0.2) is 88.1 Å². The Balaban J connectivity index is 1.58. The van der Waals surface area contributed by atoms with Gasteiger partial charge in [-0.1, -0.05) is 48.6 Å². The molecule has 0 bridgehead atoms. The highest BCUT2D eigenvalue weighted by Crippen LogP contribution is 2.33. The van der Waals surface area contributed by atoms with Crippen molar-refractivity contribution in [3.8, 4) is 5.06 Å². The van der Waals surface area contributed by atoms with Crippen molar-refractivity contribution in [1.29, 1.82) is 0 Å². The number of fused-ring (bicyclic) bond motifs is 2. The van der Waals surface area contributed by atoms with Crippen LogP contribution in [-0.4, -0.2) is 10.9 Å². The van der Waals surface area contributed by atoms with Crippen molar-refractivity contribution < 1.29 is 14.7 Å². The van der Waals surface area contributed by atoms with Crippen LogP contribution in [-0.2, 0) is 4.79 Å². The van der Waals surface area contributed by atoms with Crippen molar-refractivity contribution in [1.82, 2.24) is 0 Å². The highest BCUT2D eigenvalue weighted by molar-refractivity contribution is 8.14. The lowest BCUT2D eigenvalue weighted by Crippen LogP contribution is -2.16. The highest BCUT2D eigenvalue weighted by atomic mass is 32.2. The molecule has 1 aliphatic heterocycles. The number of carbonyl (C=O) groups excluding carboxylic acids is 2. The van der Waals surface area contributed by atoms with E-state index in [0.717, 1.165) is 23.1 Å². The number of ketones is 1. The Morgan fingerprint density at radius 2 is 1.62 bits per heavy atom. The Hall–Kier alpha value is -3.22. The summed E-state index contributed by atoms with van der Waals surface area (Å²) in [5, 5.41) is 12.1. The van der Waals surface area contributed by atoms with E-state index in [2.05, 4.69) is 0 Å². The van der Waals surface area contributed by atoms with Crippen LogP contribution >= 0.6 is 23.1 Å². The predicted molar refractivity (Wildman–Crippen MR) is 115 cm³/mol. The van der Waals surface area contributed by atoms with Gasteiger partial charge in [0.15, 0.2) is 11.2 Å². The van der Waals surface area contributed by atoms with Crippen LogP contribution in [0.2, 0.25) is 0 Å². The summed E-state index contributed by atoms with van der Waals surface area (Å²) in [6, 6.07) is 14.0. The summed E-state index contributed by atoms with van der Waals surface area (Å²) in [6.45, 7) is 0. The molecule has 2 aromatic carbocycles. The van der Waals surface area contributed by atoms with E-state index in [1.165, 1.54) is 12.2 Å². The molecule has 0 fully saturated rings. The Morgan fingerprint density at radius 1 is 0.862 bits per heavy atom. The molecular weight excluding hydrogens is 404 g/mol. The normalized spacial score (nSPS) is 15.7. The molecule has 0 unspecified atom stereocenters. The zero-order chi connectivity index (χ0) is 20.4. The van der Waals surface area contributed by atoms with E-state index < -0.39 is 0 Å². The molecule has 0 atom stereocenters. The minimum atomic E-state index is -0.307. The zero-order valence-corrected chi connectivity index (χ0v) is 16.6.